The first-order chi connectivity index (χ1) is 7.07. The second kappa shape index (κ2) is 4.13. The van der Waals surface area contributed by atoms with Crippen molar-refractivity contribution in [2.45, 2.75) is 0 Å². The van der Waals surface area contributed by atoms with Gasteiger partial charge in [0.25, 0.3) is 5.59 Å². The third kappa shape index (κ3) is 2.72. The van der Waals surface area contributed by atoms with Crippen LogP contribution in [0.15, 0.2) is 29.6 Å². The Morgan fingerprint density at radius 2 is 1.80 bits per heavy atom. The highest BCUT2D eigenvalue weighted by atomic mass is 32.3. The molecule has 0 aliphatic carbocycles. The van der Waals surface area contributed by atoms with Crippen molar-refractivity contribution in [3.8, 4) is 0 Å². The topological polar surface area (TPSA) is 78.9 Å². The molecule has 0 spiro atoms. The molecular weight excluding hydrogens is 255 g/mol. The molecule has 0 saturated carbocycles. The number of carbonyl (C=O) groups excluding carboxylic acids is 1. The van der Waals surface area contributed by atoms with E-state index in [1.165, 1.54) is 0 Å². The van der Waals surface area contributed by atoms with Gasteiger partial charge in [-0.05, 0) is 0 Å². The van der Waals surface area contributed by atoms with Crippen molar-refractivity contribution >= 4 is 39.5 Å². The third-order valence-electron chi connectivity index (χ3n) is 1.61. The van der Waals surface area contributed by atoms with Crippen LogP contribution in [0.1, 0.15) is 0 Å². The monoisotopic (exact) mass is 260 g/mol. The van der Waals surface area contributed by atoms with E-state index in [0.29, 0.717) is 0 Å². The van der Waals surface area contributed by atoms with Crippen molar-refractivity contribution in [1.82, 2.24) is 0 Å². The Morgan fingerprint density at radius 3 is 2.33 bits per heavy atom. The van der Waals surface area contributed by atoms with Gasteiger partial charge in [0.15, 0.2) is 8.40 Å². The van der Waals surface area contributed by atoms with Crippen LogP contribution in [0.4, 0.5) is 4.79 Å². The molecule has 78 valence electrons. The number of carbonyl (C=O) groups is 1. The Morgan fingerprint density at radius 1 is 1.20 bits per heavy atom. The van der Waals surface area contributed by atoms with Crippen molar-refractivity contribution in [1.29, 1.82) is 0 Å². The van der Waals surface area contributed by atoms with Crippen LogP contribution in [0, 0.1) is 0 Å². The van der Waals surface area contributed by atoms with Crippen LogP contribution in [-0.4, -0.2) is 37.6 Å². The highest BCUT2D eigenvalue weighted by molar-refractivity contribution is 7.86. The largest absolute Gasteiger partial charge is 1.04 e. The van der Waals surface area contributed by atoms with Crippen LogP contribution in [0.5, 0.6) is 0 Å². The molecule has 1 aliphatic heterocycles. The second-order valence-corrected chi connectivity index (χ2v) is 7.82. The van der Waals surface area contributed by atoms with E-state index in [-0.39, 0.29) is 0 Å². The first-order valence-electron chi connectivity index (χ1n) is 3.94. The fraction of sp³-hybridized carbons (Fsp3) is 0. The van der Waals surface area contributed by atoms with Gasteiger partial charge in [-0.25, -0.2) is 0 Å². The maximum atomic E-state index is 11.4. The zero-order valence-electron chi connectivity index (χ0n) is 7.32. The predicted octanol–water partition coefficient (Wildman–Crippen LogP) is -0.0265. The molecule has 1 fully saturated rings. The van der Waals surface area contributed by atoms with Gasteiger partial charge in [0.1, 0.15) is 0 Å². The van der Waals surface area contributed by atoms with Gasteiger partial charge in [0.2, 0.25) is 0 Å². The summed E-state index contributed by atoms with van der Waals surface area (Å²) in [5, 5.41) is 0. The van der Waals surface area contributed by atoms with Crippen molar-refractivity contribution < 1.29 is 23.5 Å². The number of rotatable bonds is 2. The summed E-state index contributed by atoms with van der Waals surface area (Å²) < 4.78 is 34.2. The van der Waals surface area contributed by atoms with Gasteiger partial charge in [-0.3, -0.25) is 4.79 Å². The Balaban J connectivity index is 1.95. The summed E-state index contributed by atoms with van der Waals surface area (Å²) in [4.78, 5) is 11.4. The Bertz CT molecular complexity index is 462. The Kier molecular flexibility index (Phi) is 3.01. The van der Waals surface area contributed by atoms with Crippen LogP contribution >= 0.6 is 0 Å². The Labute approximate surface area is 92.6 Å². The highest BCUT2D eigenvalue weighted by Gasteiger charge is 2.56. The van der Waals surface area contributed by atoms with Gasteiger partial charge in [-0.1, -0.05) is 29.6 Å². The van der Waals surface area contributed by atoms with E-state index in [4.69, 9.17) is 3.79 Å². The normalized spacial score (nSPS) is 18.0. The second-order valence-electron chi connectivity index (χ2n) is 2.66. The molecule has 15 heavy (non-hydrogen) atoms. The molecule has 0 atom stereocenters. The minimum absolute atomic E-state index is 0.466. The zero-order valence-corrected chi connectivity index (χ0v) is 10.3. The minimum Gasteiger partial charge on any atom is -0.573 e. The maximum absolute atomic E-state index is 11.4. The maximum Gasteiger partial charge on any atom is 1.04 e. The van der Waals surface area contributed by atoms with Crippen LogP contribution < -0.4 is 0 Å². The molecule has 2 heterocycles. The molecule has 0 radical (unpaired) electrons. The van der Waals surface area contributed by atoms with Crippen LogP contribution in [0.2, 0.25) is 0 Å². The van der Waals surface area contributed by atoms with Gasteiger partial charge in [-0.15, -0.1) is 0 Å². The molecule has 1 saturated heterocycles. The molecule has 1 aromatic rings. The average Bonchev–Trinajstić information content (AvgIpc) is 2.16. The van der Waals surface area contributed by atoms with Crippen LogP contribution in [0.3, 0.4) is 0 Å². The summed E-state index contributed by atoms with van der Waals surface area (Å²) in [5.41, 5.74) is 3.00. The first kappa shape index (κ1) is 10.9. The molecule has 0 unspecified atom stereocenters. The molecule has 6 nitrogen and oxygen atoms in total. The van der Waals surface area contributed by atoms with Crippen molar-refractivity contribution in [2.24, 2.45) is 0 Å². The minimum atomic E-state index is -3.85. The molecule has 0 N–H and O–H groups in total. The summed E-state index contributed by atoms with van der Waals surface area (Å²) in [5.74, 6) is 0. The molecule has 0 bridgehead atoms. The van der Waals surface area contributed by atoms with E-state index in [2.05, 4.69) is 6.47 Å². The number of hydrogen-bond donors (Lipinski definition) is 0. The lowest BCUT2D eigenvalue weighted by Gasteiger charge is -2.19. The summed E-state index contributed by atoms with van der Waals surface area (Å²) in [7, 11) is -5.36. The van der Waals surface area contributed by atoms with Crippen LogP contribution in [-0.2, 0) is 20.7 Å². The van der Waals surface area contributed by atoms with E-state index in [1.807, 2.05) is 0 Å². The van der Waals surface area contributed by atoms with Gasteiger partial charge in [0.05, 0.1) is 0 Å². The number of hydrogen-bond acceptors (Lipinski definition) is 6. The summed E-state index contributed by atoms with van der Waals surface area (Å²) >= 11 is -2.74. The van der Waals surface area contributed by atoms with Crippen LogP contribution in [0.25, 0.3) is 0 Å². The quantitative estimate of drug-likeness (QED) is 0.695. The van der Waals surface area contributed by atoms with Gasteiger partial charge < -0.3 is 10.3 Å². The molecule has 1 aliphatic rings. The standard InChI is InChI=1S/C6H6O2Si.Al.H2O4S/c7-6(8)9-4-2-1-3-5-9;;1-5(2,3)4/h1-5H,(H,7,8);;(H2,1,2,3,4)/q;+3;/p-3. The molecule has 2 rings (SSSR count). The first-order valence-corrected chi connectivity index (χ1v) is 8.34. The van der Waals surface area contributed by atoms with Crippen molar-refractivity contribution in [2.75, 3.05) is 0 Å². The lowest BCUT2D eigenvalue weighted by Crippen LogP contribution is -2.45. The SMILES string of the molecule is O=C([O][Al]1[O]S(=O)(=O)[O]1)[si]1ccccc1. The fourth-order valence-corrected chi connectivity index (χ4v) is 4.91. The summed E-state index contributed by atoms with van der Waals surface area (Å²) in [6.45, 7) is 0. The van der Waals surface area contributed by atoms with E-state index in [1.54, 1.807) is 29.6 Å². The van der Waals surface area contributed by atoms with E-state index in [9.17, 15) is 13.2 Å². The van der Waals surface area contributed by atoms with Gasteiger partial charge >= 0.3 is 25.5 Å². The third-order valence-corrected chi connectivity index (χ3v) is 7.08. The summed E-state index contributed by atoms with van der Waals surface area (Å²) in [6.07, 6.45) is 0. The van der Waals surface area contributed by atoms with E-state index in [0.717, 1.165) is 0 Å². The highest BCUT2D eigenvalue weighted by Crippen LogP contribution is 2.15. The molecule has 1 aromatic heterocycles. The lowest BCUT2D eigenvalue weighted by molar-refractivity contribution is 0.170. The van der Waals surface area contributed by atoms with Crippen molar-refractivity contribution in [3.05, 3.63) is 29.6 Å². The fourth-order valence-electron chi connectivity index (χ4n) is 0.969. The molecular formula is C6H5AlO6SSi. The van der Waals surface area contributed by atoms with Gasteiger partial charge in [-0.2, -0.15) is 8.42 Å². The molecule has 9 heteroatoms. The van der Waals surface area contributed by atoms with Gasteiger partial charge in [0, 0.05) is 0 Å². The van der Waals surface area contributed by atoms with E-state index >= 15 is 0 Å². The molecule has 0 amide bonds. The average molecular weight is 260 g/mol. The lowest BCUT2D eigenvalue weighted by atomic mass is 10.6. The smallest absolute Gasteiger partial charge is 0.573 e. The Hall–Kier alpha value is -0.561. The molecule has 0 aromatic carbocycles. The predicted molar refractivity (Wildman–Crippen MR) is 51.1 cm³/mol. The van der Waals surface area contributed by atoms with E-state index < -0.39 is 39.5 Å². The van der Waals surface area contributed by atoms with Crippen molar-refractivity contribution in [3.63, 3.8) is 0 Å². The zero-order chi connectivity index (χ0) is 10.9. The summed E-state index contributed by atoms with van der Waals surface area (Å²) in [6, 6.07) is 5.28.